The number of rotatable bonds is 3. The zero-order chi connectivity index (χ0) is 15.6. The SMILES string of the molecule is CC1CNCCC1NC(=O)c1cc(F)cc([N+](=O)[O-])c1N. The lowest BCUT2D eigenvalue weighted by molar-refractivity contribution is -0.384. The van der Waals surface area contributed by atoms with Gasteiger partial charge in [0.05, 0.1) is 16.6 Å². The lowest BCUT2D eigenvalue weighted by atomic mass is 9.95. The van der Waals surface area contributed by atoms with Gasteiger partial charge in [-0.05, 0) is 31.5 Å². The van der Waals surface area contributed by atoms with E-state index in [1.165, 1.54) is 0 Å². The van der Waals surface area contributed by atoms with Crippen molar-refractivity contribution in [3.63, 3.8) is 0 Å². The monoisotopic (exact) mass is 296 g/mol. The number of carbonyl (C=O) groups is 1. The molecule has 114 valence electrons. The molecule has 0 aliphatic carbocycles. The summed E-state index contributed by atoms with van der Waals surface area (Å²) in [6.07, 6.45) is 0.740. The van der Waals surface area contributed by atoms with E-state index >= 15 is 0 Å². The van der Waals surface area contributed by atoms with Crippen LogP contribution >= 0.6 is 0 Å². The van der Waals surface area contributed by atoms with Gasteiger partial charge in [-0.3, -0.25) is 14.9 Å². The summed E-state index contributed by atoms with van der Waals surface area (Å²) in [6, 6.07) is 1.56. The number of nitrogens with two attached hydrogens (primary N) is 1. The van der Waals surface area contributed by atoms with Crippen molar-refractivity contribution in [2.75, 3.05) is 18.8 Å². The first-order chi connectivity index (χ1) is 9.90. The Bertz CT molecular complexity index is 579. The van der Waals surface area contributed by atoms with Crippen LogP contribution in [0.5, 0.6) is 0 Å². The third-order valence-electron chi connectivity index (χ3n) is 3.67. The molecule has 0 radical (unpaired) electrons. The van der Waals surface area contributed by atoms with Gasteiger partial charge in [0.25, 0.3) is 11.6 Å². The Morgan fingerprint density at radius 3 is 2.90 bits per heavy atom. The molecule has 1 aromatic carbocycles. The maximum atomic E-state index is 13.4. The topological polar surface area (TPSA) is 110 Å². The Morgan fingerprint density at radius 1 is 1.57 bits per heavy atom. The number of nitro benzene ring substituents is 1. The summed E-state index contributed by atoms with van der Waals surface area (Å²) in [7, 11) is 0. The molecular formula is C13H17FN4O3. The van der Waals surface area contributed by atoms with Gasteiger partial charge in [0.1, 0.15) is 11.5 Å². The number of piperidine rings is 1. The van der Waals surface area contributed by atoms with Gasteiger partial charge in [-0.1, -0.05) is 6.92 Å². The predicted octanol–water partition coefficient (Wildman–Crippen LogP) is 1.04. The number of hydrogen-bond donors (Lipinski definition) is 3. The lowest BCUT2D eigenvalue weighted by Gasteiger charge is -2.30. The minimum Gasteiger partial charge on any atom is -0.393 e. The number of halogens is 1. The second-order valence-electron chi connectivity index (χ2n) is 5.19. The highest BCUT2D eigenvalue weighted by Gasteiger charge is 2.26. The zero-order valence-electron chi connectivity index (χ0n) is 11.6. The summed E-state index contributed by atoms with van der Waals surface area (Å²) >= 11 is 0. The summed E-state index contributed by atoms with van der Waals surface area (Å²) in [6.45, 7) is 3.52. The zero-order valence-corrected chi connectivity index (χ0v) is 11.6. The Hall–Kier alpha value is -2.22. The standard InChI is InChI=1S/C13H17FN4O3/c1-7-6-16-3-2-10(7)17-13(19)9-4-8(14)5-11(12(9)15)18(20)21/h4-5,7,10,16H,2-3,6,15H2,1H3,(H,17,19). The molecule has 0 spiro atoms. The van der Waals surface area contributed by atoms with Crippen LogP contribution < -0.4 is 16.4 Å². The Balaban J connectivity index is 2.24. The average Bonchev–Trinajstić information content (AvgIpc) is 2.43. The molecule has 1 amide bonds. The van der Waals surface area contributed by atoms with E-state index in [-0.39, 0.29) is 23.2 Å². The van der Waals surface area contributed by atoms with Crippen LogP contribution in [-0.2, 0) is 0 Å². The molecule has 2 atom stereocenters. The molecule has 0 saturated carbocycles. The van der Waals surface area contributed by atoms with Crippen LogP contribution in [0, 0.1) is 21.8 Å². The van der Waals surface area contributed by atoms with Crippen LogP contribution in [0.1, 0.15) is 23.7 Å². The number of anilines is 1. The summed E-state index contributed by atoms with van der Waals surface area (Å²) in [5, 5.41) is 16.8. The fourth-order valence-electron chi connectivity index (χ4n) is 2.42. The molecule has 1 heterocycles. The summed E-state index contributed by atoms with van der Waals surface area (Å²) in [4.78, 5) is 22.2. The number of benzene rings is 1. The highest BCUT2D eigenvalue weighted by Crippen LogP contribution is 2.27. The van der Waals surface area contributed by atoms with E-state index in [1.807, 2.05) is 6.92 Å². The van der Waals surface area contributed by atoms with Crippen LogP contribution in [0.4, 0.5) is 15.8 Å². The van der Waals surface area contributed by atoms with Crippen LogP contribution in [0.25, 0.3) is 0 Å². The van der Waals surface area contributed by atoms with Gasteiger partial charge in [0, 0.05) is 6.04 Å². The lowest BCUT2D eigenvalue weighted by Crippen LogP contribution is -2.48. The van der Waals surface area contributed by atoms with Crippen LogP contribution in [0.15, 0.2) is 12.1 Å². The highest BCUT2D eigenvalue weighted by molar-refractivity contribution is 6.01. The van der Waals surface area contributed by atoms with E-state index in [1.54, 1.807) is 0 Å². The van der Waals surface area contributed by atoms with Crippen molar-refractivity contribution in [3.8, 4) is 0 Å². The molecule has 1 aliphatic rings. The molecule has 8 heteroatoms. The van der Waals surface area contributed by atoms with Gasteiger partial charge in [0.2, 0.25) is 0 Å². The number of nitro groups is 1. The number of nitrogen functional groups attached to an aromatic ring is 1. The van der Waals surface area contributed by atoms with Crippen LogP contribution in [0.2, 0.25) is 0 Å². The van der Waals surface area contributed by atoms with Crippen molar-refractivity contribution >= 4 is 17.3 Å². The second-order valence-corrected chi connectivity index (χ2v) is 5.19. The molecule has 0 aromatic heterocycles. The van der Waals surface area contributed by atoms with Crippen LogP contribution in [-0.4, -0.2) is 30.0 Å². The van der Waals surface area contributed by atoms with E-state index in [2.05, 4.69) is 10.6 Å². The van der Waals surface area contributed by atoms with Crippen molar-refractivity contribution in [3.05, 3.63) is 33.6 Å². The quantitative estimate of drug-likeness (QED) is 0.438. The fraction of sp³-hybridized carbons (Fsp3) is 0.462. The Labute approximate surface area is 120 Å². The molecule has 7 nitrogen and oxygen atoms in total. The number of nitrogens with zero attached hydrogens (tertiary/aromatic N) is 1. The molecule has 1 fully saturated rings. The highest BCUT2D eigenvalue weighted by atomic mass is 19.1. The molecule has 4 N–H and O–H groups in total. The Morgan fingerprint density at radius 2 is 2.29 bits per heavy atom. The third-order valence-corrected chi connectivity index (χ3v) is 3.67. The van der Waals surface area contributed by atoms with Crippen molar-refractivity contribution in [1.82, 2.24) is 10.6 Å². The van der Waals surface area contributed by atoms with Gasteiger partial charge in [-0.25, -0.2) is 4.39 Å². The van der Waals surface area contributed by atoms with E-state index < -0.39 is 22.3 Å². The third kappa shape index (κ3) is 3.27. The molecule has 2 rings (SSSR count). The average molecular weight is 296 g/mol. The van der Waals surface area contributed by atoms with Crippen molar-refractivity contribution in [2.45, 2.75) is 19.4 Å². The van der Waals surface area contributed by atoms with Crippen molar-refractivity contribution < 1.29 is 14.1 Å². The smallest absolute Gasteiger partial charge is 0.295 e. The number of carbonyl (C=O) groups excluding carboxylic acids is 1. The van der Waals surface area contributed by atoms with Gasteiger partial charge in [-0.2, -0.15) is 0 Å². The van der Waals surface area contributed by atoms with E-state index in [9.17, 15) is 19.3 Å². The van der Waals surface area contributed by atoms with Gasteiger partial charge >= 0.3 is 0 Å². The normalized spacial score (nSPS) is 21.8. The van der Waals surface area contributed by atoms with Gasteiger partial charge < -0.3 is 16.4 Å². The molecular weight excluding hydrogens is 279 g/mol. The van der Waals surface area contributed by atoms with Gasteiger partial charge in [-0.15, -0.1) is 0 Å². The molecule has 1 aliphatic heterocycles. The van der Waals surface area contributed by atoms with E-state index in [0.29, 0.717) is 6.07 Å². The summed E-state index contributed by atoms with van der Waals surface area (Å²) in [5.74, 6) is -1.24. The predicted molar refractivity (Wildman–Crippen MR) is 75.4 cm³/mol. The van der Waals surface area contributed by atoms with Crippen molar-refractivity contribution in [2.24, 2.45) is 5.92 Å². The van der Waals surface area contributed by atoms with E-state index in [0.717, 1.165) is 25.6 Å². The van der Waals surface area contributed by atoms with E-state index in [4.69, 9.17) is 5.73 Å². The minimum absolute atomic E-state index is 0.0690. The summed E-state index contributed by atoms with van der Waals surface area (Å²) in [5.41, 5.74) is 4.49. The minimum atomic E-state index is -0.862. The number of nitrogens with one attached hydrogen (secondary N) is 2. The maximum Gasteiger partial charge on any atom is 0.295 e. The number of amides is 1. The molecule has 0 bridgehead atoms. The molecule has 1 saturated heterocycles. The largest absolute Gasteiger partial charge is 0.393 e. The van der Waals surface area contributed by atoms with Gasteiger partial charge in [0.15, 0.2) is 0 Å². The first-order valence-corrected chi connectivity index (χ1v) is 6.65. The maximum absolute atomic E-state index is 13.4. The molecule has 21 heavy (non-hydrogen) atoms. The first-order valence-electron chi connectivity index (χ1n) is 6.65. The molecule has 1 aromatic rings. The second kappa shape index (κ2) is 6.04. The first kappa shape index (κ1) is 15.2. The Kier molecular flexibility index (Phi) is 4.37. The molecule has 2 unspecified atom stereocenters. The van der Waals surface area contributed by atoms with Crippen LogP contribution in [0.3, 0.4) is 0 Å². The fourth-order valence-corrected chi connectivity index (χ4v) is 2.42. The summed E-state index contributed by atoms with van der Waals surface area (Å²) < 4.78 is 13.4. The number of hydrogen-bond acceptors (Lipinski definition) is 5. The van der Waals surface area contributed by atoms with Crippen molar-refractivity contribution in [1.29, 1.82) is 0 Å².